The van der Waals surface area contributed by atoms with Crippen LogP contribution in [-0.2, 0) is 4.79 Å². The molecule has 0 saturated carbocycles. The van der Waals surface area contributed by atoms with Crippen molar-refractivity contribution in [3.63, 3.8) is 0 Å². The van der Waals surface area contributed by atoms with Gasteiger partial charge in [-0.15, -0.1) is 11.3 Å². The Bertz CT molecular complexity index is 650. The predicted octanol–water partition coefficient (Wildman–Crippen LogP) is 3.83. The highest BCUT2D eigenvalue weighted by Gasteiger charge is 2.09. The molecule has 116 valence electrons. The summed E-state index contributed by atoms with van der Waals surface area (Å²) in [5.74, 6) is -0.212. The molecule has 0 unspecified atom stereocenters. The lowest BCUT2D eigenvalue weighted by molar-refractivity contribution is -0.116. The van der Waals surface area contributed by atoms with Crippen molar-refractivity contribution in [3.8, 4) is 0 Å². The van der Waals surface area contributed by atoms with Gasteiger partial charge in [-0.25, -0.2) is 4.98 Å². The number of carbonyl (C=O) groups is 2. The van der Waals surface area contributed by atoms with E-state index >= 15 is 0 Å². The van der Waals surface area contributed by atoms with Gasteiger partial charge in [0.1, 0.15) is 0 Å². The Morgan fingerprint density at radius 3 is 2.50 bits per heavy atom. The number of hydrogen-bond acceptors (Lipinski definition) is 4. The molecule has 1 aromatic heterocycles. The van der Waals surface area contributed by atoms with Crippen LogP contribution >= 0.6 is 11.3 Å². The molecule has 2 N–H and O–H groups in total. The average Bonchev–Trinajstić information content (AvgIpc) is 2.91. The first-order chi connectivity index (χ1) is 10.6. The summed E-state index contributed by atoms with van der Waals surface area (Å²) in [5, 5.41) is 8.03. The van der Waals surface area contributed by atoms with Gasteiger partial charge in [-0.3, -0.25) is 14.9 Å². The van der Waals surface area contributed by atoms with E-state index in [2.05, 4.69) is 15.6 Å². The highest BCUT2D eigenvalue weighted by atomic mass is 32.1. The van der Waals surface area contributed by atoms with Crippen molar-refractivity contribution >= 4 is 34.0 Å². The molecular weight excluding hydrogens is 298 g/mol. The molecule has 2 rings (SSSR count). The molecule has 0 fully saturated rings. The fourth-order valence-corrected chi connectivity index (χ4v) is 2.53. The molecule has 2 aromatic rings. The standard InChI is InChI=1S/C16H19N3O2S/c1-3-4-5-14(20)18-13-8-6-12(7-9-13)15(21)19-16-17-11(2)10-22-16/h6-10H,3-5H2,1-2H3,(H,18,20)(H,17,19,21). The van der Waals surface area contributed by atoms with Crippen LogP contribution in [-0.4, -0.2) is 16.8 Å². The van der Waals surface area contributed by atoms with Crippen LogP contribution in [0, 0.1) is 6.92 Å². The smallest absolute Gasteiger partial charge is 0.257 e. The van der Waals surface area contributed by atoms with Gasteiger partial charge in [0.05, 0.1) is 5.69 Å². The number of rotatable bonds is 6. The van der Waals surface area contributed by atoms with Crippen LogP contribution in [0.5, 0.6) is 0 Å². The maximum absolute atomic E-state index is 12.1. The van der Waals surface area contributed by atoms with Crippen LogP contribution in [0.15, 0.2) is 29.6 Å². The van der Waals surface area contributed by atoms with E-state index in [0.717, 1.165) is 18.5 Å². The predicted molar refractivity (Wildman–Crippen MR) is 89.4 cm³/mol. The van der Waals surface area contributed by atoms with Gasteiger partial charge in [-0.2, -0.15) is 0 Å². The van der Waals surface area contributed by atoms with Gasteiger partial charge in [0.15, 0.2) is 5.13 Å². The first kappa shape index (κ1) is 16.2. The van der Waals surface area contributed by atoms with Gasteiger partial charge in [0, 0.05) is 23.1 Å². The Morgan fingerprint density at radius 2 is 1.91 bits per heavy atom. The van der Waals surface area contributed by atoms with Gasteiger partial charge >= 0.3 is 0 Å². The maximum Gasteiger partial charge on any atom is 0.257 e. The highest BCUT2D eigenvalue weighted by molar-refractivity contribution is 7.13. The molecule has 22 heavy (non-hydrogen) atoms. The van der Waals surface area contributed by atoms with E-state index in [-0.39, 0.29) is 11.8 Å². The van der Waals surface area contributed by atoms with E-state index in [4.69, 9.17) is 0 Å². The van der Waals surface area contributed by atoms with E-state index in [1.165, 1.54) is 11.3 Å². The number of benzene rings is 1. The molecule has 0 radical (unpaired) electrons. The van der Waals surface area contributed by atoms with Crippen LogP contribution < -0.4 is 10.6 Å². The molecule has 0 aliphatic rings. The Balaban J connectivity index is 1.93. The first-order valence-corrected chi connectivity index (χ1v) is 8.10. The zero-order valence-electron chi connectivity index (χ0n) is 12.7. The number of aromatic nitrogens is 1. The van der Waals surface area contributed by atoms with Crippen LogP contribution in [0.3, 0.4) is 0 Å². The summed E-state index contributed by atoms with van der Waals surface area (Å²) in [6.07, 6.45) is 2.38. The van der Waals surface area contributed by atoms with Crippen LogP contribution in [0.1, 0.15) is 42.2 Å². The third-order valence-corrected chi connectivity index (χ3v) is 3.90. The summed E-state index contributed by atoms with van der Waals surface area (Å²) in [7, 11) is 0. The number of thiazole rings is 1. The average molecular weight is 317 g/mol. The number of unbranched alkanes of at least 4 members (excludes halogenated alkanes) is 1. The largest absolute Gasteiger partial charge is 0.326 e. The summed E-state index contributed by atoms with van der Waals surface area (Å²) in [5.41, 5.74) is 2.10. The molecule has 5 nitrogen and oxygen atoms in total. The van der Waals surface area contributed by atoms with E-state index in [1.54, 1.807) is 24.3 Å². The minimum absolute atomic E-state index is 0.00249. The molecule has 2 amide bonds. The molecule has 1 aromatic carbocycles. The zero-order valence-corrected chi connectivity index (χ0v) is 13.5. The van der Waals surface area contributed by atoms with Crippen molar-refractivity contribution in [2.75, 3.05) is 10.6 Å². The summed E-state index contributed by atoms with van der Waals surface area (Å²) in [6.45, 7) is 3.92. The number of nitrogens with zero attached hydrogens (tertiary/aromatic N) is 1. The Labute approximate surface area is 133 Å². The van der Waals surface area contributed by atoms with Crippen LogP contribution in [0.4, 0.5) is 10.8 Å². The lowest BCUT2D eigenvalue weighted by Gasteiger charge is -2.06. The molecule has 0 spiro atoms. The van der Waals surface area contributed by atoms with Crippen molar-refractivity contribution in [1.29, 1.82) is 0 Å². The lowest BCUT2D eigenvalue weighted by atomic mass is 10.2. The van der Waals surface area contributed by atoms with Gasteiger partial charge < -0.3 is 5.32 Å². The number of carbonyl (C=O) groups excluding carboxylic acids is 2. The number of hydrogen-bond donors (Lipinski definition) is 2. The summed E-state index contributed by atoms with van der Waals surface area (Å²) < 4.78 is 0. The number of amides is 2. The third kappa shape index (κ3) is 4.66. The zero-order chi connectivity index (χ0) is 15.9. The SMILES string of the molecule is CCCCC(=O)Nc1ccc(C(=O)Nc2nc(C)cs2)cc1. The molecule has 0 aliphatic heterocycles. The Kier molecular flexibility index (Phi) is 5.66. The van der Waals surface area contributed by atoms with Gasteiger partial charge in [-0.05, 0) is 37.6 Å². The monoisotopic (exact) mass is 317 g/mol. The van der Waals surface area contributed by atoms with Crippen molar-refractivity contribution in [2.24, 2.45) is 0 Å². The Morgan fingerprint density at radius 1 is 1.18 bits per heavy atom. The second-order valence-corrected chi connectivity index (χ2v) is 5.84. The second kappa shape index (κ2) is 7.70. The molecular formula is C16H19N3O2S. The minimum Gasteiger partial charge on any atom is -0.326 e. The van der Waals surface area contributed by atoms with E-state index < -0.39 is 0 Å². The van der Waals surface area contributed by atoms with Crippen LogP contribution in [0.25, 0.3) is 0 Å². The van der Waals surface area contributed by atoms with Crippen molar-refractivity contribution in [2.45, 2.75) is 33.1 Å². The molecule has 1 heterocycles. The van der Waals surface area contributed by atoms with Crippen LogP contribution in [0.2, 0.25) is 0 Å². The van der Waals surface area contributed by atoms with E-state index in [1.807, 2.05) is 19.2 Å². The van der Waals surface area contributed by atoms with Gasteiger partial charge in [0.25, 0.3) is 5.91 Å². The van der Waals surface area contributed by atoms with Gasteiger partial charge in [-0.1, -0.05) is 13.3 Å². The quantitative estimate of drug-likeness (QED) is 0.850. The molecule has 0 saturated heterocycles. The second-order valence-electron chi connectivity index (χ2n) is 4.98. The summed E-state index contributed by atoms with van der Waals surface area (Å²) in [6, 6.07) is 6.83. The number of aryl methyl sites for hydroxylation is 1. The van der Waals surface area contributed by atoms with Crippen molar-refractivity contribution in [3.05, 3.63) is 40.9 Å². The lowest BCUT2D eigenvalue weighted by Crippen LogP contribution is -2.13. The van der Waals surface area contributed by atoms with E-state index in [0.29, 0.717) is 22.8 Å². The Hall–Kier alpha value is -2.21. The first-order valence-electron chi connectivity index (χ1n) is 7.22. The minimum atomic E-state index is -0.210. The topological polar surface area (TPSA) is 71.1 Å². The fraction of sp³-hybridized carbons (Fsp3) is 0.312. The maximum atomic E-state index is 12.1. The molecule has 6 heteroatoms. The summed E-state index contributed by atoms with van der Waals surface area (Å²) >= 11 is 1.39. The third-order valence-electron chi connectivity index (χ3n) is 3.03. The molecule has 0 aliphatic carbocycles. The number of anilines is 2. The molecule has 0 bridgehead atoms. The van der Waals surface area contributed by atoms with E-state index in [9.17, 15) is 9.59 Å². The number of nitrogens with one attached hydrogen (secondary N) is 2. The highest BCUT2D eigenvalue weighted by Crippen LogP contribution is 2.16. The summed E-state index contributed by atoms with van der Waals surface area (Å²) in [4.78, 5) is 27.9. The normalized spacial score (nSPS) is 10.3. The van der Waals surface area contributed by atoms with Crippen molar-refractivity contribution in [1.82, 2.24) is 4.98 Å². The molecule has 0 atom stereocenters. The fourth-order valence-electron chi connectivity index (χ4n) is 1.85. The van der Waals surface area contributed by atoms with Gasteiger partial charge in [0.2, 0.25) is 5.91 Å². The van der Waals surface area contributed by atoms with Crippen molar-refractivity contribution < 1.29 is 9.59 Å².